The molecule has 0 bridgehead atoms. The lowest BCUT2D eigenvalue weighted by Gasteiger charge is -2.18. The number of carbonyl (C=O) groups is 3. The summed E-state index contributed by atoms with van der Waals surface area (Å²) in [5, 5.41) is 0. The molecule has 0 rings (SSSR count). The molecule has 0 radical (unpaired) electrons. The molecule has 2 atom stereocenters. The molecule has 0 heterocycles. The number of hydrogen-bond donors (Lipinski definition) is 0. The lowest BCUT2D eigenvalue weighted by molar-refractivity contribution is -0.167. The van der Waals surface area contributed by atoms with Crippen molar-refractivity contribution in [2.75, 3.05) is 13.2 Å². The highest BCUT2D eigenvalue weighted by atomic mass is 16.6. The van der Waals surface area contributed by atoms with E-state index in [4.69, 9.17) is 14.2 Å². The first-order valence-corrected chi connectivity index (χ1v) is 25.8. The van der Waals surface area contributed by atoms with Gasteiger partial charge in [0.25, 0.3) is 0 Å². The van der Waals surface area contributed by atoms with Gasteiger partial charge in [-0.15, -0.1) is 0 Å². The number of unbranched alkanes of at least 4 members (excludes halogenated alkanes) is 30. The summed E-state index contributed by atoms with van der Waals surface area (Å²) in [7, 11) is 0. The summed E-state index contributed by atoms with van der Waals surface area (Å²) in [5.74, 6) is 0.860. The zero-order chi connectivity index (χ0) is 42.6. The minimum atomic E-state index is -0.761. The topological polar surface area (TPSA) is 78.9 Å². The zero-order valence-corrected chi connectivity index (χ0v) is 39.7. The summed E-state index contributed by atoms with van der Waals surface area (Å²) in [6.45, 7) is 11.4. The summed E-state index contributed by atoms with van der Waals surface area (Å²) in [4.78, 5) is 37.9. The van der Waals surface area contributed by atoms with Gasteiger partial charge in [-0.2, -0.15) is 0 Å². The van der Waals surface area contributed by atoms with Crippen LogP contribution in [-0.2, 0) is 28.6 Å². The highest BCUT2D eigenvalue weighted by molar-refractivity contribution is 5.71. The van der Waals surface area contributed by atoms with Gasteiger partial charge in [0.1, 0.15) is 13.2 Å². The molecule has 0 aromatic carbocycles. The Balaban J connectivity index is 4.28. The van der Waals surface area contributed by atoms with E-state index in [-0.39, 0.29) is 31.1 Å². The third-order valence-corrected chi connectivity index (χ3v) is 12.1. The molecule has 0 aliphatic rings. The van der Waals surface area contributed by atoms with Gasteiger partial charge in [-0.3, -0.25) is 14.4 Å². The van der Waals surface area contributed by atoms with E-state index in [9.17, 15) is 14.4 Å². The third kappa shape index (κ3) is 44.0. The van der Waals surface area contributed by atoms with Gasteiger partial charge in [0.05, 0.1) is 0 Å². The van der Waals surface area contributed by atoms with Crippen molar-refractivity contribution in [3.05, 3.63) is 0 Å². The van der Waals surface area contributed by atoms with Gasteiger partial charge < -0.3 is 14.2 Å². The van der Waals surface area contributed by atoms with Crippen molar-refractivity contribution in [3.63, 3.8) is 0 Å². The number of carbonyl (C=O) groups excluding carboxylic acids is 3. The Morgan fingerprint density at radius 2 is 0.655 bits per heavy atom. The van der Waals surface area contributed by atoms with Crippen molar-refractivity contribution in [2.24, 2.45) is 11.8 Å². The Morgan fingerprint density at radius 1 is 0.362 bits per heavy atom. The van der Waals surface area contributed by atoms with Crippen LogP contribution in [-0.4, -0.2) is 37.2 Å². The molecule has 0 fully saturated rings. The van der Waals surface area contributed by atoms with Crippen LogP contribution in [0.1, 0.15) is 285 Å². The fourth-order valence-corrected chi connectivity index (χ4v) is 7.78. The van der Waals surface area contributed by atoms with E-state index in [2.05, 4.69) is 34.6 Å². The van der Waals surface area contributed by atoms with Gasteiger partial charge in [0.15, 0.2) is 6.10 Å². The summed E-state index contributed by atoms with van der Waals surface area (Å²) < 4.78 is 16.8. The van der Waals surface area contributed by atoms with Crippen LogP contribution in [0.5, 0.6) is 0 Å². The Bertz CT molecular complexity index is 887. The molecule has 0 spiro atoms. The monoisotopic (exact) mass is 821 g/mol. The molecule has 0 amide bonds. The van der Waals surface area contributed by atoms with E-state index in [0.717, 1.165) is 69.6 Å². The molecule has 0 N–H and O–H groups in total. The lowest BCUT2D eigenvalue weighted by atomic mass is 9.99. The van der Waals surface area contributed by atoms with E-state index in [1.807, 2.05) is 0 Å². The molecule has 0 aliphatic carbocycles. The van der Waals surface area contributed by atoms with E-state index in [1.54, 1.807) is 0 Å². The Morgan fingerprint density at radius 3 is 0.983 bits per heavy atom. The van der Waals surface area contributed by atoms with Crippen LogP contribution < -0.4 is 0 Å². The van der Waals surface area contributed by atoms with E-state index in [1.165, 1.54) is 173 Å². The molecule has 6 nitrogen and oxygen atoms in total. The Hall–Kier alpha value is -1.59. The molecule has 58 heavy (non-hydrogen) atoms. The first-order valence-electron chi connectivity index (χ1n) is 25.8. The minimum absolute atomic E-state index is 0.0638. The maximum absolute atomic E-state index is 12.7. The number of hydrogen-bond acceptors (Lipinski definition) is 6. The van der Waals surface area contributed by atoms with Crippen LogP contribution in [0.3, 0.4) is 0 Å². The average molecular weight is 821 g/mol. The smallest absolute Gasteiger partial charge is 0.306 e. The maximum Gasteiger partial charge on any atom is 0.306 e. The second-order valence-corrected chi connectivity index (χ2v) is 18.5. The normalized spacial score (nSPS) is 12.5. The molecular weight excluding hydrogens is 721 g/mol. The number of ether oxygens (including phenoxy) is 3. The molecule has 0 aliphatic heterocycles. The van der Waals surface area contributed by atoms with Gasteiger partial charge in [0, 0.05) is 19.3 Å². The van der Waals surface area contributed by atoms with Crippen molar-refractivity contribution in [1.82, 2.24) is 0 Å². The standard InChI is InChI=1S/C52H100O6/c1-6-8-9-10-11-12-22-29-34-39-44-52(55)58-49(46-57-51(54)43-38-33-28-24-19-18-21-26-31-36-41-48(5)7-2)45-56-50(53)42-37-32-27-23-17-15-13-14-16-20-25-30-35-40-47(3)4/h47-49H,6-46H2,1-5H3/t48?,49-/m0/s1. The molecular formula is C52H100O6. The summed E-state index contributed by atoms with van der Waals surface area (Å²) in [6, 6.07) is 0. The molecule has 6 heteroatoms. The SMILES string of the molecule is CCCCCCCCCCCCC(=O)O[C@@H](COC(=O)CCCCCCCCCCCCCCCC(C)C)COC(=O)CCCCCCCCCCCCC(C)CC. The molecule has 0 saturated carbocycles. The zero-order valence-electron chi connectivity index (χ0n) is 39.7. The molecule has 344 valence electrons. The quantitative estimate of drug-likeness (QED) is 0.0346. The molecule has 0 saturated heterocycles. The first kappa shape index (κ1) is 56.4. The van der Waals surface area contributed by atoms with Crippen molar-refractivity contribution in [3.8, 4) is 0 Å². The fourth-order valence-electron chi connectivity index (χ4n) is 7.78. The van der Waals surface area contributed by atoms with Crippen molar-refractivity contribution >= 4 is 17.9 Å². The first-order chi connectivity index (χ1) is 28.3. The summed E-state index contributed by atoms with van der Waals surface area (Å²) in [6.07, 6.45) is 45.1. The minimum Gasteiger partial charge on any atom is -0.462 e. The van der Waals surface area contributed by atoms with E-state index >= 15 is 0 Å². The van der Waals surface area contributed by atoms with Crippen LogP contribution in [0.15, 0.2) is 0 Å². The highest BCUT2D eigenvalue weighted by Crippen LogP contribution is 2.18. The van der Waals surface area contributed by atoms with E-state index < -0.39 is 6.10 Å². The molecule has 0 aromatic rings. The molecule has 0 aromatic heterocycles. The second kappa shape index (κ2) is 44.9. The number of rotatable bonds is 46. The van der Waals surface area contributed by atoms with Gasteiger partial charge in [-0.25, -0.2) is 0 Å². The van der Waals surface area contributed by atoms with Crippen LogP contribution >= 0.6 is 0 Å². The predicted molar refractivity (Wildman–Crippen MR) is 247 cm³/mol. The lowest BCUT2D eigenvalue weighted by Crippen LogP contribution is -2.30. The van der Waals surface area contributed by atoms with Gasteiger partial charge in [-0.05, 0) is 31.1 Å². The van der Waals surface area contributed by atoms with Crippen molar-refractivity contribution < 1.29 is 28.6 Å². The van der Waals surface area contributed by atoms with Crippen LogP contribution in [0.4, 0.5) is 0 Å². The largest absolute Gasteiger partial charge is 0.462 e. The average Bonchev–Trinajstić information content (AvgIpc) is 3.21. The number of esters is 3. The van der Waals surface area contributed by atoms with Gasteiger partial charge in [0.2, 0.25) is 0 Å². The predicted octanol–water partition coefficient (Wildman–Crippen LogP) is 16.5. The Labute approximate surface area is 361 Å². The van der Waals surface area contributed by atoms with Crippen molar-refractivity contribution in [2.45, 2.75) is 291 Å². The van der Waals surface area contributed by atoms with Crippen LogP contribution in [0.2, 0.25) is 0 Å². The Kier molecular flexibility index (Phi) is 43.7. The maximum atomic E-state index is 12.7. The second-order valence-electron chi connectivity index (χ2n) is 18.5. The van der Waals surface area contributed by atoms with Gasteiger partial charge >= 0.3 is 17.9 Å². The fraction of sp³-hybridized carbons (Fsp3) is 0.942. The van der Waals surface area contributed by atoms with E-state index in [0.29, 0.717) is 19.3 Å². The molecule has 1 unspecified atom stereocenters. The van der Waals surface area contributed by atoms with Crippen molar-refractivity contribution in [1.29, 1.82) is 0 Å². The van der Waals surface area contributed by atoms with Gasteiger partial charge in [-0.1, -0.05) is 247 Å². The van der Waals surface area contributed by atoms with Crippen LogP contribution in [0.25, 0.3) is 0 Å². The third-order valence-electron chi connectivity index (χ3n) is 12.1. The summed E-state index contributed by atoms with van der Waals surface area (Å²) >= 11 is 0. The summed E-state index contributed by atoms with van der Waals surface area (Å²) in [5.41, 5.74) is 0. The highest BCUT2D eigenvalue weighted by Gasteiger charge is 2.19. The van der Waals surface area contributed by atoms with Crippen LogP contribution in [0, 0.1) is 11.8 Å².